The smallest absolute Gasteiger partial charge is 0.0598 e. The fraction of sp³-hybridized carbons (Fsp3) is 0.615. The summed E-state index contributed by atoms with van der Waals surface area (Å²) >= 11 is 0. The summed E-state index contributed by atoms with van der Waals surface area (Å²) in [4.78, 5) is 6.63. The van der Waals surface area contributed by atoms with E-state index in [1.54, 1.807) is 0 Å². The number of nitrogens with zero attached hydrogens (tertiary/aromatic N) is 2. The molecule has 2 N–H and O–H groups in total. The van der Waals surface area contributed by atoms with Crippen LogP contribution in [0.3, 0.4) is 0 Å². The SMILES string of the molecule is CCN(CC1CCC1)c1cnccc1CN. The lowest BCUT2D eigenvalue weighted by Gasteiger charge is -2.33. The van der Waals surface area contributed by atoms with Crippen LogP contribution in [0.4, 0.5) is 5.69 Å². The van der Waals surface area contributed by atoms with Crippen molar-refractivity contribution in [1.82, 2.24) is 4.98 Å². The third-order valence-corrected chi connectivity index (χ3v) is 3.53. The number of aromatic nitrogens is 1. The summed E-state index contributed by atoms with van der Waals surface area (Å²) in [5, 5.41) is 0. The van der Waals surface area contributed by atoms with Crippen molar-refractivity contribution in [2.45, 2.75) is 32.7 Å². The molecule has 0 unspecified atom stereocenters. The summed E-state index contributed by atoms with van der Waals surface area (Å²) in [6.07, 6.45) is 7.94. The molecule has 0 aromatic carbocycles. The Labute approximate surface area is 97.7 Å². The monoisotopic (exact) mass is 219 g/mol. The Hall–Kier alpha value is -1.09. The summed E-state index contributed by atoms with van der Waals surface area (Å²) in [5.41, 5.74) is 8.19. The average molecular weight is 219 g/mol. The number of pyridine rings is 1. The molecule has 1 aliphatic carbocycles. The van der Waals surface area contributed by atoms with E-state index in [0.29, 0.717) is 6.54 Å². The lowest BCUT2D eigenvalue weighted by Crippen LogP contribution is -2.33. The predicted molar refractivity (Wildman–Crippen MR) is 67.4 cm³/mol. The molecule has 0 atom stereocenters. The number of anilines is 1. The molecular weight excluding hydrogens is 198 g/mol. The Balaban J connectivity index is 2.11. The van der Waals surface area contributed by atoms with E-state index in [2.05, 4.69) is 16.8 Å². The minimum atomic E-state index is 0.596. The van der Waals surface area contributed by atoms with E-state index in [1.807, 2.05) is 18.5 Å². The van der Waals surface area contributed by atoms with Gasteiger partial charge in [-0.15, -0.1) is 0 Å². The molecule has 1 fully saturated rings. The maximum Gasteiger partial charge on any atom is 0.0598 e. The van der Waals surface area contributed by atoms with Gasteiger partial charge in [-0.2, -0.15) is 0 Å². The van der Waals surface area contributed by atoms with Crippen LogP contribution in [0.25, 0.3) is 0 Å². The van der Waals surface area contributed by atoms with Crippen LogP contribution in [0.1, 0.15) is 31.7 Å². The molecular formula is C13H21N3. The molecule has 3 nitrogen and oxygen atoms in total. The van der Waals surface area contributed by atoms with Crippen molar-refractivity contribution in [3.8, 4) is 0 Å². The van der Waals surface area contributed by atoms with E-state index in [0.717, 1.165) is 19.0 Å². The van der Waals surface area contributed by atoms with Gasteiger partial charge in [-0.1, -0.05) is 6.42 Å². The van der Waals surface area contributed by atoms with Crippen molar-refractivity contribution in [3.63, 3.8) is 0 Å². The van der Waals surface area contributed by atoms with Crippen LogP contribution < -0.4 is 10.6 Å². The second kappa shape index (κ2) is 5.30. The molecule has 1 heterocycles. The van der Waals surface area contributed by atoms with Crippen molar-refractivity contribution in [1.29, 1.82) is 0 Å². The first-order valence-electron chi connectivity index (χ1n) is 6.23. The van der Waals surface area contributed by atoms with E-state index in [4.69, 9.17) is 5.73 Å². The molecule has 0 radical (unpaired) electrons. The summed E-state index contributed by atoms with van der Waals surface area (Å²) in [6, 6.07) is 2.03. The minimum Gasteiger partial charge on any atom is -0.370 e. The number of rotatable bonds is 5. The molecule has 1 aromatic heterocycles. The van der Waals surface area contributed by atoms with E-state index in [1.165, 1.54) is 30.5 Å². The molecule has 1 saturated carbocycles. The second-order valence-electron chi connectivity index (χ2n) is 4.54. The zero-order valence-corrected chi connectivity index (χ0v) is 10.0. The van der Waals surface area contributed by atoms with Gasteiger partial charge in [0.2, 0.25) is 0 Å². The quantitative estimate of drug-likeness (QED) is 0.825. The van der Waals surface area contributed by atoms with Gasteiger partial charge in [0.05, 0.1) is 11.9 Å². The third-order valence-electron chi connectivity index (χ3n) is 3.53. The second-order valence-corrected chi connectivity index (χ2v) is 4.54. The van der Waals surface area contributed by atoms with E-state index >= 15 is 0 Å². The molecule has 0 bridgehead atoms. The molecule has 88 valence electrons. The average Bonchev–Trinajstić information content (AvgIpc) is 2.28. The van der Waals surface area contributed by atoms with Crippen molar-refractivity contribution in [2.75, 3.05) is 18.0 Å². The molecule has 16 heavy (non-hydrogen) atoms. The molecule has 0 amide bonds. The van der Waals surface area contributed by atoms with Gasteiger partial charge >= 0.3 is 0 Å². The Morgan fingerprint density at radius 1 is 1.50 bits per heavy atom. The van der Waals surface area contributed by atoms with Crippen molar-refractivity contribution >= 4 is 5.69 Å². The van der Waals surface area contributed by atoms with Crippen LogP contribution in [0.15, 0.2) is 18.5 Å². The summed E-state index contributed by atoms with van der Waals surface area (Å²) in [7, 11) is 0. The molecule has 0 aliphatic heterocycles. The first kappa shape index (κ1) is 11.4. The van der Waals surface area contributed by atoms with Crippen molar-refractivity contribution < 1.29 is 0 Å². The number of nitrogens with two attached hydrogens (primary N) is 1. The van der Waals surface area contributed by atoms with E-state index < -0.39 is 0 Å². The van der Waals surface area contributed by atoms with Gasteiger partial charge in [-0.25, -0.2) is 0 Å². The van der Waals surface area contributed by atoms with Crippen molar-refractivity contribution in [2.24, 2.45) is 11.7 Å². The normalized spacial score (nSPS) is 15.9. The van der Waals surface area contributed by atoms with Crippen LogP contribution in [0.2, 0.25) is 0 Å². The van der Waals surface area contributed by atoms with Crippen LogP contribution in [0, 0.1) is 5.92 Å². The highest BCUT2D eigenvalue weighted by Gasteiger charge is 2.21. The molecule has 1 aliphatic rings. The first-order valence-corrected chi connectivity index (χ1v) is 6.23. The molecule has 0 saturated heterocycles. The standard InChI is InChI=1S/C13H21N3/c1-2-16(10-11-4-3-5-11)13-9-15-7-6-12(13)8-14/h6-7,9,11H,2-5,8,10,14H2,1H3. The topological polar surface area (TPSA) is 42.2 Å². The highest BCUT2D eigenvalue weighted by atomic mass is 15.1. The fourth-order valence-corrected chi connectivity index (χ4v) is 2.26. The largest absolute Gasteiger partial charge is 0.370 e. The molecule has 2 rings (SSSR count). The van der Waals surface area contributed by atoms with Gasteiger partial charge in [0.25, 0.3) is 0 Å². The van der Waals surface area contributed by atoms with Gasteiger partial charge < -0.3 is 10.6 Å². The number of hydrogen-bond donors (Lipinski definition) is 1. The number of hydrogen-bond acceptors (Lipinski definition) is 3. The summed E-state index contributed by atoms with van der Waals surface area (Å²) in [5.74, 6) is 0.880. The molecule has 3 heteroatoms. The lowest BCUT2D eigenvalue weighted by atomic mass is 9.85. The minimum absolute atomic E-state index is 0.596. The highest BCUT2D eigenvalue weighted by molar-refractivity contribution is 5.51. The Morgan fingerprint density at radius 3 is 2.88 bits per heavy atom. The van der Waals surface area contributed by atoms with Gasteiger partial charge in [-0.05, 0) is 37.3 Å². The first-order chi connectivity index (χ1) is 7.85. The highest BCUT2D eigenvalue weighted by Crippen LogP contribution is 2.29. The van der Waals surface area contributed by atoms with Crippen molar-refractivity contribution in [3.05, 3.63) is 24.0 Å². The maximum absolute atomic E-state index is 5.77. The third kappa shape index (κ3) is 2.35. The summed E-state index contributed by atoms with van der Waals surface area (Å²) in [6.45, 7) is 5.00. The van der Waals surface area contributed by atoms with Crippen LogP contribution in [0.5, 0.6) is 0 Å². The molecule has 1 aromatic rings. The van der Waals surface area contributed by atoms with Crippen LogP contribution in [-0.4, -0.2) is 18.1 Å². The lowest BCUT2D eigenvalue weighted by molar-refractivity contribution is 0.318. The zero-order valence-electron chi connectivity index (χ0n) is 10.0. The Bertz CT molecular complexity index is 334. The van der Waals surface area contributed by atoms with Gasteiger partial charge in [0.1, 0.15) is 0 Å². The van der Waals surface area contributed by atoms with Gasteiger partial charge in [0, 0.05) is 25.8 Å². The maximum atomic E-state index is 5.77. The van der Waals surface area contributed by atoms with Crippen LogP contribution >= 0.6 is 0 Å². The van der Waals surface area contributed by atoms with Crippen LogP contribution in [-0.2, 0) is 6.54 Å². The molecule has 0 spiro atoms. The van der Waals surface area contributed by atoms with E-state index in [9.17, 15) is 0 Å². The fourth-order valence-electron chi connectivity index (χ4n) is 2.26. The zero-order chi connectivity index (χ0) is 11.4. The Morgan fingerprint density at radius 2 is 2.31 bits per heavy atom. The van der Waals surface area contributed by atoms with Gasteiger partial charge in [-0.3, -0.25) is 4.98 Å². The Kier molecular flexibility index (Phi) is 3.78. The summed E-state index contributed by atoms with van der Waals surface area (Å²) < 4.78 is 0. The van der Waals surface area contributed by atoms with Gasteiger partial charge in [0.15, 0.2) is 0 Å². The van der Waals surface area contributed by atoms with E-state index in [-0.39, 0.29) is 0 Å². The predicted octanol–water partition coefficient (Wildman–Crippen LogP) is 2.17.